The molecule has 0 radical (unpaired) electrons. The van der Waals surface area contributed by atoms with E-state index in [2.05, 4.69) is 9.61 Å². The zero-order valence-corrected chi connectivity index (χ0v) is 9.64. The van der Waals surface area contributed by atoms with Crippen LogP contribution in [0.5, 0.6) is 5.75 Å². The second-order valence-electron chi connectivity index (χ2n) is 2.75. The molecule has 0 saturated carbocycles. The van der Waals surface area contributed by atoms with Gasteiger partial charge >= 0.3 is 7.75 Å². The van der Waals surface area contributed by atoms with Crippen molar-refractivity contribution in [3.05, 3.63) is 34.4 Å². The Labute approximate surface area is 92.1 Å². The van der Waals surface area contributed by atoms with E-state index in [-0.39, 0.29) is 11.4 Å². The number of rotatable bonds is 5. The molecular formula is C8H11N2O5P. The molecule has 1 aromatic rings. The highest BCUT2D eigenvalue weighted by atomic mass is 31.2. The summed E-state index contributed by atoms with van der Waals surface area (Å²) in [5, 5.41) is 12.8. The number of hydrogen-bond donors (Lipinski definition) is 1. The minimum atomic E-state index is -3.36. The molecule has 7 nitrogen and oxygen atoms in total. The molecule has 16 heavy (non-hydrogen) atoms. The molecule has 0 aromatic heterocycles. The summed E-state index contributed by atoms with van der Waals surface area (Å²) in [6.45, 7) is 0. The standard InChI is InChI=1S/C8H11N2O5P/c1-9-16(13,14-2)15-8-5-3-7(4-6-8)10(11)12/h3-6H,1-2H3,(H,9,13). The molecule has 0 fully saturated rings. The maximum absolute atomic E-state index is 11.6. The first-order chi connectivity index (χ1) is 7.50. The molecule has 0 saturated heterocycles. The molecule has 0 aliphatic heterocycles. The lowest BCUT2D eigenvalue weighted by Crippen LogP contribution is -2.09. The first kappa shape index (κ1) is 12.6. The van der Waals surface area contributed by atoms with Crippen LogP contribution in [-0.2, 0) is 9.09 Å². The van der Waals surface area contributed by atoms with Gasteiger partial charge in [0.05, 0.1) is 4.92 Å². The maximum Gasteiger partial charge on any atom is 0.458 e. The Hall–Kier alpha value is -1.43. The largest absolute Gasteiger partial charge is 0.458 e. The van der Waals surface area contributed by atoms with Crippen LogP contribution < -0.4 is 9.61 Å². The topological polar surface area (TPSA) is 90.7 Å². The molecule has 1 N–H and O–H groups in total. The van der Waals surface area contributed by atoms with Gasteiger partial charge in [-0.1, -0.05) is 0 Å². The highest BCUT2D eigenvalue weighted by molar-refractivity contribution is 7.52. The van der Waals surface area contributed by atoms with Crippen molar-refractivity contribution in [1.29, 1.82) is 0 Å². The van der Waals surface area contributed by atoms with Crippen LogP contribution in [0.15, 0.2) is 24.3 Å². The van der Waals surface area contributed by atoms with Gasteiger partial charge in [-0.15, -0.1) is 0 Å². The van der Waals surface area contributed by atoms with Crippen LogP contribution in [0.4, 0.5) is 5.69 Å². The predicted octanol–water partition coefficient (Wildman–Crippen LogP) is 1.95. The van der Waals surface area contributed by atoms with Gasteiger partial charge in [-0.25, -0.2) is 9.65 Å². The molecule has 0 spiro atoms. The van der Waals surface area contributed by atoms with E-state index in [1.807, 2.05) is 0 Å². The van der Waals surface area contributed by atoms with Crippen molar-refractivity contribution in [1.82, 2.24) is 5.09 Å². The molecule has 0 aliphatic rings. The van der Waals surface area contributed by atoms with Crippen LogP contribution >= 0.6 is 7.75 Å². The first-order valence-corrected chi connectivity index (χ1v) is 5.84. The van der Waals surface area contributed by atoms with Gasteiger partial charge in [0.15, 0.2) is 0 Å². The summed E-state index contributed by atoms with van der Waals surface area (Å²) in [5.41, 5.74) is -0.0657. The fourth-order valence-corrected chi connectivity index (χ4v) is 1.69. The van der Waals surface area contributed by atoms with E-state index in [9.17, 15) is 14.7 Å². The molecule has 1 atom stereocenters. The van der Waals surface area contributed by atoms with Crippen molar-refractivity contribution in [2.24, 2.45) is 0 Å². The van der Waals surface area contributed by atoms with Crippen LogP contribution in [0.1, 0.15) is 0 Å². The van der Waals surface area contributed by atoms with Crippen LogP contribution in [0.2, 0.25) is 0 Å². The van der Waals surface area contributed by atoms with Gasteiger partial charge in [0.1, 0.15) is 5.75 Å². The van der Waals surface area contributed by atoms with Gasteiger partial charge in [0, 0.05) is 19.2 Å². The SMILES string of the molecule is CNP(=O)(OC)Oc1ccc([N+](=O)[O-])cc1. The van der Waals surface area contributed by atoms with Gasteiger partial charge in [-0.2, -0.15) is 0 Å². The lowest BCUT2D eigenvalue weighted by Gasteiger charge is -2.15. The Kier molecular flexibility index (Phi) is 4.00. The molecule has 0 heterocycles. The third-order valence-corrected chi connectivity index (χ3v) is 3.27. The van der Waals surface area contributed by atoms with Crippen molar-refractivity contribution in [3.63, 3.8) is 0 Å². The average Bonchev–Trinajstić information content (AvgIpc) is 2.29. The van der Waals surface area contributed by atoms with Gasteiger partial charge in [-0.05, 0) is 19.2 Å². The molecule has 1 aromatic carbocycles. The summed E-state index contributed by atoms with van der Waals surface area (Å²) in [4.78, 5) is 9.85. The van der Waals surface area contributed by atoms with Gasteiger partial charge < -0.3 is 4.52 Å². The third-order valence-electron chi connectivity index (χ3n) is 1.79. The Morgan fingerprint density at radius 3 is 2.31 bits per heavy atom. The minimum absolute atomic E-state index is 0.0657. The van der Waals surface area contributed by atoms with Crippen molar-refractivity contribution in [2.45, 2.75) is 0 Å². The highest BCUT2D eigenvalue weighted by Gasteiger charge is 2.21. The third kappa shape index (κ3) is 3.03. The lowest BCUT2D eigenvalue weighted by atomic mass is 10.3. The molecule has 1 unspecified atom stereocenters. The second-order valence-corrected chi connectivity index (χ2v) is 4.74. The molecule has 88 valence electrons. The number of hydrogen-bond acceptors (Lipinski definition) is 5. The summed E-state index contributed by atoms with van der Waals surface area (Å²) >= 11 is 0. The number of nitrogens with one attached hydrogen (secondary N) is 1. The zero-order chi connectivity index (χ0) is 12.2. The number of nitro groups is 1. The van der Waals surface area contributed by atoms with E-state index in [1.165, 1.54) is 38.4 Å². The van der Waals surface area contributed by atoms with Crippen molar-refractivity contribution in [2.75, 3.05) is 14.2 Å². The quantitative estimate of drug-likeness (QED) is 0.485. The van der Waals surface area contributed by atoms with Crippen LogP contribution in [-0.4, -0.2) is 19.1 Å². The van der Waals surface area contributed by atoms with Gasteiger partial charge in [-0.3, -0.25) is 14.6 Å². The fourth-order valence-electron chi connectivity index (χ4n) is 0.942. The molecular weight excluding hydrogens is 235 g/mol. The molecule has 0 aliphatic carbocycles. The predicted molar refractivity (Wildman–Crippen MR) is 57.4 cm³/mol. The van der Waals surface area contributed by atoms with E-state index in [4.69, 9.17) is 4.52 Å². The Morgan fingerprint density at radius 1 is 1.38 bits per heavy atom. The Morgan fingerprint density at radius 2 is 1.94 bits per heavy atom. The summed E-state index contributed by atoms with van der Waals surface area (Å²) < 4.78 is 21.3. The smallest absolute Gasteiger partial charge is 0.413 e. The first-order valence-electron chi connectivity index (χ1n) is 4.29. The summed E-state index contributed by atoms with van der Waals surface area (Å²) in [6.07, 6.45) is 0. The van der Waals surface area contributed by atoms with Gasteiger partial charge in [0.25, 0.3) is 5.69 Å². The van der Waals surface area contributed by atoms with Crippen LogP contribution in [0.25, 0.3) is 0 Å². The molecule has 1 rings (SSSR count). The molecule has 0 bridgehead atoms. The van der Waals surface area contributed by atoms with Crippen LogP contribution in [0.3, 0.4) is 0 Å². The van der Waals surface area contributed by atoms with E-state index >= 15 is 0 Å². The van der Waals surface area contributed by atoms with E-state index < -0.39 is 12.7 Å². The van der Waals surface area contributed by atoms with E-state index in [0.717, 1.165) is 0 Å². The monoisotopic (exact) mass is 246 g/mol. The van der Waals surface area contributed by atoms with Crippen molar-refractivity contribution in [3.8, 4) is 5.75 Å². The van der Waals surface area contributed by atoms with Crippen molar-refractivity contribution >= 4 is 13.4 Å². The minimum Gasteiger partial charge on any atom is -0.413 e. The van der Waals surface area contributed by atoms with Crippen molar-refractivity contribution < 1.29 is 18.5 Å². The van der Waals surface area contributed by atoms with Crippen LogP contribution in [0, 0.1) is 10.1 Å². The molecule has 8 heteroatoms. The summed E-state index contributed by atoms with van der Waals surface area (Å²) in [7, 11) is -0.697. The van der Waals surface area contributed by atoms with E-state index in [0.29, 0.717) is 0 Å². The summed E-state index contributed by atoms with van der Waals surface area (Å²) in [5.74, 6) is 0.227. The average molecular weight is 246 g/mol. The Bertz CT molecular complexity index is 411. The highest BCUT2D eigenvalue weighted by Crippen LogP contribution is 2.42. The number of non-ortho nitro benzene ring substituents is 1. The van der Waals surface area contributed by atoms with E-state index in [1.54, 1.807) is 0 Å². The number of nitro benzene ring substituents is 1. The Balaban J connectivity index is 2.83. The number of benzene rings is 1. The zero-order valence-electron chi connectivity index (χ0n) is 8.75. The normalized spacial score (nSPS) is 14.1. The fraction of sp³-hybridized carbons (Fsp3) is 0.250. The van der Waals surface area contributed by atoms with Gasteiger partial charge in [0.2, 0.25) is 0 Å². The number of nitrogens with zero attached hydrogens (tertiary/aromatic N) is 1. The lowest BCUT2D eigenvalue weighted by molar-refractivity contribution is -0.384. The second kappa shape index (κ2) is 5.07. The maximum atomic E-state index is 11.6. The summed E-state index contributed by atoms with van der Waals surface area (Å²) in [6, 6.07) is 5.21. The molecule has 0 amide bonds.